The van der Waals surface area contributed by atoms with Crippen molar-refractivity contribution in [3.63, 3.8) is 0 Å². The third kappa shape index (κ3) is 4.75. The molecule has 0 fully saturated rings. The lowest BCUT2D eigenvalue weighted by molar-refractivity contribution is 0.181. The molecule has 0 atom stereocenters. The lowest BCUT2D eigenvalue weighted by atomic mass is 10.3. The number of methoxy groups -OCH3 is 1. The number of hydrogen-bond donors (Lipinski definition) is 1. The first-order chi connectivity index (χ1) is 10.1. The molecule has 0 amide bonds. The lowest BCUT2D eigenvalue weighted by Gasteiger charge is -2.14. The Morgan fingerprint density at radius 1 is 1.48 bits per heavy atom. The normalized spacial score (nSPS) is 11.0. The second-order valence-corrected chi connectivity index (χ2v) is 7.64. The van der Waals surface area contributed by atoms with Crippen LogP contribution in [0.25, 0.3) is 0 Å². The quantitative estimate of drug-likeness (QED) is 0.743. The Balaban J connectivity index is 2.10. The Labute approximate surface area is 142 Å². The summed E-state index contributed by atoms with van der Waals surface area (Å²) in [5, 5.41) is 6.51. The number of anilines is 1. The first kappa shape index (κ1) is 16.9. The molecule has 0 saturated heterocycles. The van der Waals surface area contributed by atoms with Crippen molar-refractivity contribution < 1.29 is 4.74 Å². The van der Waals surface area contributed by atoms with E-state index in [1.165, 1.54) is 9.75 Å². The van der Waals surface area contributed by atoms with Gasteiger partial charge in [0.25, 0.3) is 0 Å². The Morgan fingerprint density at radius 3 is 2.90 bits per heavy atom. The van der Waals surface area contributed by atoms with Crippen molar-refractivity contribution in [2.24, 2.45) is 0 Å². The van der Waals surface area contributed by atoms with Crippen LogP contribution in [-0.2, 0) is 24.4 Å². The van der Waals surface area contributed by atoms with Crippen LogP contribution in [0, 0.1) is 0 Å². The van der Waals surface area contributed by atoms with Crippen molar-refractivity contribution in [2.75, 3.05) is 25.6 Å². The molecule has 7 heteroatoms. The highest BCUT2D eigenvalue weighted by atomic mass is 79.9. The number of thiazole rings is 1. The second kappa shape index (κ2) is 8.24. The molecule has 0 unspecified atom stereocenters. The minimum atomic E-state index is 0.565. The summed E-state index contributed by atoms with van der Waals surface area (Å²) >= 11 is 6.99. The molecule has 0 radical (unpaired) electrons. The number of hydrogen-bond acceptors (Lipinski definition) is 6. The van der Waals surface area contributed by atoms with Crippen LogP contribution in [-0.4, -0.2) is 25.7 Å². The standard InChI is InChI=1S/C14H20BrN3OS2/c1-4-16-6-13-12(8-19-3)17-14(21-13)18(2)7-11-5-10(15)9-20-11/h5,9,16H,4,6-8H2,1-3H3. The van der Waals surface area contributed by atoms with Crippen molar-refractivity contribution in [1.82, 2.24) is 10.3 Å². The Hall–Kier alpha value is -0.470. The summed E-state index contributed by atoms with van der Waals surface area (Å²) < 4.78 is 6.40. The van der Waals surface area contributed by atoms with Crippen LogP contribution in [0.2, 0.25) is 0 Å². The molecule has 2 aromatic heterocycles. The molecule has 2 heterocycles. The first-order valence-electron chi connectivity index (χ1n) is 6.76. The van der Waals surface area contributed by atoms with Crippen LogP contribution in [0.3, 0.4) is 0 Å². The molecule has 2 aromatic rings. The lowest BCUT2D eigenvalue weighted by Crippen LogP contribution is -2.15. The predicted octanol–water partition coefficient (Wildman–Crippen LogP) is 3.86. The van der Waals surface area contributed by atoms with Crippen molar-refractivity contribution >= 4 is 43.7 Å². The molecule has 0 aromatic carbocycles. The molecule has 0 aliphatic carbocycles. The van der Waals surface area contributed by atoms with Crippen LogP contribution in [0.4, 0.5) is 5.13 Å². The minimum Gasteiger partial charge on any atom is -0.378 e. The van der Waals surface area contributed by atoms with E-state index in [-0.39, 0.29) is 0 Å². The number of thiophene rings is 1. The average Bonchev–Trinajstić information content (AvgIpc) is 3.04. The van der Waals surface area contributed by atoms with E-state index in [9.17, 15) is 0 Å². The van der Waals surface area contributed by atoms with E-state index < -0.39 is 0 Å². The largest absolute Gasteiger partial charge is 0.378 e. The summed E-state index contributed by atoms with van der Waals surface area (Å²) in [7, 11) is 3.79. The van der Waals surface area contributed by atoms with Gasteiger partial charge in [0.2, 0.25) is 0 Å². The maximum Gasteiger partial charge on any atom is 0.185 e. The maximum atomic E-state index is 5.26. The van der Waals surface area contributed by atoms with Crippen molar-refractivity contribution in [1.29, 1.82) is 0 Å². The van der Waals surface area contributed by atoms with Gasteiger partial charge < -0.3 is 15.0 Å². The van der Waals surface area contributed by atoms with E-state index in [1.807, 2.05) is 0 Å². The molecule has 4 nitrogen and oxygen atoms in total. The molecule has 21 heavy (non-hydrogen) atoms. The van der Waals surface area contributed by atoms with Crippen molar-refractivity contribution in [3.8, 4) is 0 Å². The topological polar surface area (TPSA) is 37.4 Å². The highest BCUT2D eigenvalue weighted by Crippen LogP contribution is 2.29. The number of nitrogens with one attached hydrogen (secondary N) is 1. The predicted molar refractivity (Wildman–Crippen MR) is 94.3 cm³/mol. The molecule has 0 spiro atoms. The summed E-state index contributed by atoms with van der Waals surface area (Å²) in [4.78, 5) is 9.50. The van der Waals surface area contributed by atoms with Gasteiger partial charge in [0.1, 0.15) is 0 Å². The zero-order chi connectivity index (χ0) is 15.2. The molecule has 0 aliphatic heterocycles. The Bertz CT molecular complexity index is 570. The van der Waals surface area contributed by atoms with Crippen molar-refractivity contribution in [2.45, 2.75) is 26.6 Å². The van der Waals surface area contributed by atoms with Gasteiger partial charge >= 0.3 is 0 Å². The van der Waals surface area contributed by atoms with Crippen LogP contribution < -0.4 is 10.2 Å². The maximum absolute atomic E-state index is 5.26. The van der Waals surface area contributed by atoms with Gasteiger partial charge in [0.15, 0.2) is 5.13 Å². The van der Waals surface area contributed by atoms with Gasteiger partial charge in [-0.3, -0.25) is 0 Å². The van der Waals surface area contributed by atoms with E-state index in [2.05, 4.69) is 51.6 Å². The second-order valence-electron chi connectivity index (χ2n) is 4.67. The zero-order valence-electron chi connectivity index (χ0n) is 12.5. The average molecular weight is 390 g/mol. The van der Waals surface area contributed by atoms with Gasteiger partial charge in [0.05, 0.1) is 18.8 Å². The first-order valence-corrected chi connectivity index (χ1v) is 9.25. The Kier molecular flexibility index (Phi) is 6.63. The molecule has 0 aliphatic rings. The van der Waals surface area contributed by atoms with Crippen LogP contribution in [0.15, 0.2) is 15.9 Å². The third-order valence-electron chi connectivity index (χ3n) is 2.92. The fourth-order valence-corrected chi connectivity index (χ4v) is 4.39. The van der Waals surface area contributed by atoms with E-state index in [4.69, 9.17) is 9.72 Å². The monoisotopic (exact) mass is 389 g/mol. The highest BCUT2D eigenvalue weighted by molar-refractivity contribution is 9.10. The number of aromatic nitrogens is 1. The third-order valence-corrected chi connectivity index (χ3v) is 5.82. The number of halogens is 1. The van der Waals surface area contributed by atoms with Gasteiger partial charge in [-0.15, -0.1) is 22.7 Å². The van der Waals surface area contributed by atoms with Crippen LogP contribution in [0.5, 0.6) is 0 Å². The summed E-state index contributed by atoms with van der Waals surface area (Å²) in [6, 6.07) is 2.16. The van der Waals surface area contributed by atoms with E-state index in [0.717, 1.165) is 34.9 Å². The van der Waals surface area contributed by atoms with E-state index >= 15 is 0 Å². The van der Waals surface area contributed by atoms with Crippen molar-refractivity contribution in [3.05, 3.63) is 31.4 Å². The SMILES string of the molecule is CCNCc1sc(N(C)Cc2cc(Br)cs2)nc1COC. The fraction of sp³-hybridized carbons (Fsp3) is 0.500. The summed E-state index contributed by atoms with van der Waals surface area (Å²) in [6.45, 7) is 5.36. The smallest absolute Gasteiger partial charge is 0.185 e. The molecule has 0 saturated carbocycles. The Morgan fingerprint density at radius 2 is 2.29 bits per heavy atom. The molecule has 0 bridgehead atoms. The molecule has 116 valence electrons. The number of nitrogens with zero attached hydrogens (tertiary/aromatic N) is 2. The van der Waals surface area contributed by atoms with E-state index in [0.29, 0.717) is 6.61 Å². The van der Waals surface area contributed by atoms with Gasteiger partial charge in [-0.05, 0) is 28.5 Å². The summed E-state index contributed by atoms with van der Waals surface area (Å²) in [5.41, 5.74) is 1.04. The zero-order valence-corrected chi connectivity index (χ0v) is 15.7. The van der Waals surface area contributed by atoms with Gasteiger partial charge in [-0.2, -0.15) is 0 Å². The van der Waals surface area contributed by atoms with Gasteiger partial charge in [-0.25, -0.2) is 4.98 Å². The molecular formula is C14H20BrN3OS2. The molecular weight excluding hydrogens is 370 g/mol. The fourth-order valence-electron chi connectivity index (χ4n) is 1.90. The molecule has 2 rings (SSSR count). The van der Waals surface area contributed by atoms with Gasteiger partial charge in [-0.1, -0.05) is 6.92 Å². The summed E-state index contributed by atoms with van der Waals surface area (Å²) in [6.07, 6.45) is 0. The number of rotatable bonds is 8. The minimum absolute atomic E-state index is 0.565. The van der Waals surface area contributed by atoms with Crippen LogP contribution in [0.1, 0.15) is 22.4 Å². The van der Waals surface area contributed by atoms with Crippen LogP contribution >= 0.6 is 38.6 Å². The number of ether oxygens (including phenoxy) is 1. The highest BCUT2D eigenvalue weighted by Gasteiger charge is 2.14. The van der Waals surface area contributed by atoms with E-state index in [1.54, 1.807) is 29.8 Å². The van der Waals surface area contributed by atoms with Gasteiger partial charge in [0, 0.05) is 40.3 Å². The summed E-state index contributed by atoms with van der Waals surface area (Å²) in [5.74, 6) is 0. The molecule has 1 N–H and O–H groups in total.